The Bertz CT molecular complexity index is 1460. The average molecular weight is 563 g/mol. The molecule has 0 amide bonds. The van der Waals surface area contributed by atoms with Crippen LogP contribution in [-0.2, 0) is 20.3 Å². The minimum absolute atomic E-state index is 0.376. The van der Waals surface area contributed by atoms with Gasteiger partial charge in [0.25, 0.3) is 0 Å². The first-order valence-electron chi connectivity index (χ1n) is 12.2. The maximum Gasteiger partial charge on any atom is 0.534 e. The van der Waals surface area contributed by atoms with Crippen molar-refractivity contribution in [3.05, 3.63) is 89.5 Å². The molecule has 0 N–H and O–H groups in total. The zero-order valence-corrected chi connectivity index (χ0v) is 22.9. The number of benzene rings is 3. The Hall–Kier alpha value is -3.53. The van der Waals surface area contributed by atoms with Gasteiger partial charge in [-0.3, -0.25) is 4.79 Å². The van der Waals surface area contributed by atoms with Crippen LogP contribution in [0.15, 0.2) is 72.8 Å². The number of hydrogen-bond acceptors (Lipinski definition) is 6. The molecule has 4 rings (SSSR count). The lowest BCUT2D eigenvalue weighted by molar-refractivity contribution is -0.139. The van der Waals surface area contributed by atoms with Crippen LogP contribution < -0.4 is 13.7 Å². The van der Waals surface area contributed by atoms with Crippen LogP contribution in [0, 0.1) is 5.41 Å². The number of hydrogen-bond donors (Lipinski definition) is 0. The summed E-state index contributed by atoms with van der Waals surface area (Å²) in [7, 11) is -4.26. The number of carbonyl (C=O) groups is 1. The Labute approximate surface area is 225 Å². The van der Waals surface area contributed by atoms with Crippen LogP contribution in [-0.4, -0.2) is 27.0 Å². The Morgan fingerprint density at radius 2 is 1.44 bits per heavy atom. The molecule has 0 bridgehead atoms. The molecule has 10 heteroatoms. The molecule has 3 aromatic rings. The largest absolute Gasteiger partial charge is 0.534 e. The van der Waals surface area contributed by atoms with Crippen molar-refractivity contribution in [1.82, 2.24) is 0 Å². The lowest BCUT2D eigenvalue weighted by Gasteiger charge is -2.51. The minimum Gasteiger partial charge on any atom is -0.497 e. The molecule has 6 nitrogen and oxygen atoms in total. The van der Waals surface area contributed by atoms with E-state index in [0.717, 1.165) is 11.1 Å². The van der Waals surface area contributed by atoms with Crippen molar-refractivity contribution < 1.29 is 40.0 Å². The molecule has 1 heterocycles. The number of alkyl halides is 3. The number of ether oxygens (including phenoxy) is 2. The maximum atomic E-state index is 13.5. The van der Waals surface area contributed by atoms with Gasteiger partial charge < -0.3 is 13.7 Å². The lowest BCUT2D eigenvalue weighted by Crippen LogP contribution is -2.47. The van der Waals surface area contributed by atoms with E-state index < -0.39 is 44.1 Å². The lowest BCUT2D eigenvalue weighted by atomic mass is 9.53. The molecule has 2 unspecified atom stereocenters. The standard InChI is InChI=1S/C29H29F3O6S/c1-27(2,19-11-13-20(14-12-19)38-39(34,35)29(30,31)32)28(3,4)25-22-16-15-21(36-5)17-23(22)37-26(33)24(25)18-9-7-6-8-10-18/h6-17,24-25H,1-5H3. The number of rotatable bonds is 7. The quantitative estimate of drug-likeness (QED) is 0.138. The van der Waals surface area contributed by atoms with Gasteiger partial charge in [0, 0.05) is 17.5 Å². The van der Waals surface area contributed by atoms with E-state index in [9.17, 15) is 26.4 Å². The van der Waals surface area contributed by atoms with Crippen molar-refractivity contribution in [3.63, 3.8) is 0 Å². The summed E-state index contributed by atoms with van der Waals surface area (Å²) in [6, 6.07) is 20.2. The smallest absolute Gasteiger partial charge is 0.497 e. The van der Waals surface area contributed by atoms with Gasteiger partial charge >= 0.3 is 21.6 Å². The van der Waals surface area contributed by atoms with Gasteiger partial charge in [-0.25, -0.2) is 0 Å². The molecular weight excluding hydrogens is 533 g/mol. The zero-order chi connectivity index (χ0) is 28.8. The summed E-state index contributed by atoms with van der Waals surface area (Å²) in [6.45, 7) is 8.00. The van der Waals surface area contributed by atoms with Crippen molar-refractivity contribution in [1.29, 1.82) is 0 Å². The fourth-order valence-electron chi connectivity index (χ4n) is 5.13. The molecule has 0 aromatic heterocycles. The third kappa shape index (κ3) is 5.09. The zero-order valence-electron chi connectivity index (χ0n) is 22.1. The third-order valence-corrected chi connectivity index (χ3v) is 8.94. The molecule has 0 radical (unpaired) electrons. The monoisotopic (exact) mass is 562 g/mol. The van der Waals surface area contributed by atoms with Gasteiger partial charge in [0.15, 0.2) is 0 Å². The van der Waals surface area contributed by atoms with E-state index in [1.165, 1.54) is 31.4 Å². The van der Waals surface area contributed by atoms with Crippen LogP contribution in [0.25, 0.3) is 0 Å². The first kappa shape index (κ1) is 28.5. The highest BCUT2D eigenvalue weighted by Crippen LogP contribution is 2.59. The molecule has 3 aromatic carbocycles. The van der Waals surface area contributed by atoms with Crippen LogP contribution in [0.5, 0.6) is 17.2 Å². The Morgan fingerprint density at radius 1 is 0.846 bits per heavy atom. The molecule has 1 aliphatic rings. The number of fused-ring (bicyclic) bond motifs is 1. The van der Waals surface area contributed by atoms with Crippen molar-refractivity contribution in [3.8, 4) is 17.2 Å². The van der Waals surface area contributed by atoms with Crippen LogP contribution in [0.4, 0.5) is 13.2 Å². The van der Waals surface area contributed by atoms with Gasteiger partial charge in [0.2, 0.25) is 0 Å². The van der Waals surface area contributed by atoms with E-state index in [4.69, 9.17) is 9.47 Å². The highest BCUT2D eigenvalue weighted by molar-refractivity contribution is 7.88. The summed E-state index contributed by atoms with van der Waals surface area (Å²) >= 11 is 0. The molecule has 0 aliphatic carbocycles. The summed E-state index contributed by atoms with van der Waals surface area (Å²) in [5, 5.41) is 0. The van der Waals surface area contributed by atoms with E-state index in [1.807, 2.05) is 70.2 Å². The third-order valence-electron chi connectivity index (χ3n) is 7.97. The first-order chi connectivity index (χ1) is 18.1. The fourth-order valence-corrected chi connectivity index (χ4v) is 5.59. The molecule has 0 spiro atoms. The second-order valence-corrected chi connectivity index (χ2v) is 12.1. The first-order valence-corrected chi connectivity index (χ1v) is 13.6. The highest BCUT2D eigenvalue weighted by Gasteiger charge is 2.53. The normalized spacial score (nSPS) is 18.2. The summed E-state index contributed by atoms with van der Waals surface area (Å²) in [6.07, 6.45) is 0. The van der Waals surface area contributed by atoms with E-state index in [2.05, 4.69) is 4.18 Å². The average Bonchev–Trinajstić information content (AvgIpc) is 2.87. The van der Waals surface area contributed by atoms with Crippen LogP contribution in [0.1, 0.15) is 56.2 Å². The summed E-state index contributed by atoms with van der Waals surface area (Å²) in [5.41, 5.74) is -4.55. The topological polar surface area (TPSA) is 78.9 Å². The number of carbonyl (C=O) groups excluding carboxylic acids is 1. The van der Waals surface area contributed by atoms with E-state index in [1.54, 1.807) is 6.07 Å². The molecule has 0 fully saturated rings. The van der Waals surface area contributed by atoms with Gasteiger partial charge in [0.1, 0.15) is 17.2 Å². The van der Waals surface area contributed by atoms with E-state index in [-0.39, 0.29) is 5.92 Å². The second kappa shape index (κ2) is 9.89. The summed E-state index contributed by atoms with van der Waals surface area (Å²) < 4.78 is 76.6. The molecule has 1 aliphatic heterocycles. The van der Waals surface area contributed by atoms with Gasteiger partial charge in [0.05, 0.1) is 13.0 Å². The molecule has 0 saturated heterocycles. The van der Waals surface area contributed by atoms with Crippen molar-refractivity contribution in [2.75, 3.05) is 7.11 Å². The van der Waals surface area contributed by atoms with Gasteiger partial charge in [-0.2, -0.15) is 21.6 Å². The SMILES string of the molecule is COc1ccc2c(c1)OC(=O)C(c1ccccc1)C2C(C)(C)C(C)(C)c1ccc(OS(=O)(=O)C(F)(F)F)cc1. The molecule has 39 heavy (non-hydrogen) atoms. The predicted octanol–water partition coefficient (Wildman–Crippen LogP) is 6.71. The minimum atomic E-state index is -5.79. The fraction of sp³-hybridized carbons (Fsp3) is 0.345. The number of esters is 1. The van der Waals surface area contributed by atoms with E-state index in [0.29, 0.717) is 17.1 Å². The number of methoxy groups -OCH3 is 1. The summed E-state index contributed by atoms with van der Waals surface area (Å²) in [4.78, 5) is 13.5. The predicted molar refractivity (Wildman–Crippen MR) is 139 cm³/mol. The van der Waals surface area contributed by atoms with Crippen LogP contribution in [0.3, 0.4) is 0 Å². The van der Waals surface area contributed by atoms with Crippen molar-refractivity contribution >= 4 is 16.1 Å². The molecule has 0 saturated carbocycles. The van der Waals surface area contributed by atoms with Crippen LogP contribution >= 0.6 is 0 Å². The Balaban J connectivity index is 1.79. The van der Waals surface area contributed by atoms with Gasteiger partial charge in [-0.1, -0.05) is 76.2 Å². The van der Waals surface area contributed by atoms with Crippen molar-refractivity contribution in [2.45, 2.75) is 50.5 Å². The highest BCUT2D eigenvalue weighted by atomic mass is 32.2. The van der Waals surface area contributed by atoms with Crippen molar-refractivity contribution in [2.24, 2.45) is 5.41 Å². The Kier molecular flexibility index (Phi) is 7.23. The Morgan fingerprint density at radius 3 is 2.00 bits per heavy atom. The number of halogens is 3. The van der Waals surface area contributed by atoms with E-state index >= 15 is 0 Å². The second-order valence-electron chi connectivity index (χ2n) is 10.5. The molecule has 208 valence electrons. The summed E-state index contributed by atoms with van der Waals surface area (Å²) in [5.74, 6) is -0.927. The molecule has 2 atom stereocenters. The van der Waals surface area contributed by atoms with Gasteiger partial charge in [-0.05, 0) is 40.2 Å². The molecular formula is C29H29F3O6S. The maximum absolute atomic E-state index is 13.5. The van der Waals surface area contributed by atoms with Gasteiger partial charge in [-0.15, -0.1) is 0 Å². The van der Waals surface area contributed by atoms with Crippen LogP contribution in [0.2, 0.25) is 0 Å².